The molecule has 0 N–H and O–H groups in total. The first-order chi connectivity index (χ1) is 28.3. The van der Waals surface area contributed by atoms with Crippen LogP contribution in [-0.2, 0) is 0 Å². The van der Waals surface area contributed by atoms with Gasteiger partial charge in [0.2, 0.25) is 0 Å². The first kappa shape index (κ1) is 32.7. The van der Waals surface area contributed by atoms with Crippen molar-refractivity contribution in [1.29, 1.82) is 0 Å². The van der Waals surface area contributed by atoms with Crippen molar-refractivity contribution in [3.63, 3.8) is 0 Å². The predicted octanol–water partition coefficient (Wildman–Crippen LogP) is 13.6. The van der Waals surface area contributed by atoms with Crippen LogP contribution in [0, 0.1) is 0 Å². The van der Waals surface area contributed by atoms with Crippen molar-refractivity contribution in [1.82, 2.24) is 19.7 Å². The molecule has 4 nitrogen and oxygen atoms in total. The maximum absolute atomic E-state index is 5.09. The van der Waals surface area contributed by atoms with Gasteiger partial charge in [0.05, 0.1) is 0 Å². The molecule has 0 bridgehead atoms. The fraction of sp³-hybridized carbons (Fsp3) is 0. The molecule has 0 unspecified atom stereocenters. The van der Waals surface area contributed by atoms with Gasteiger partial charge < -0.3 is 0 Å². The summed E-state index contributed by atoms with van der Waals surface area (Å²) >= 11 is 0. The Morgan fingerprint density at radius 3 is 1.30 bits per heavy atom. The van der Waals surface area contributed by atoms with Crippen molar-refractivity contribution >= 4 is 43.1 Å². The molecule has 0 amide bonds. The summed E-state index contributed by atoms with van der Waals surface area (Å²) in [6.07, 6.45) is 1.97. The summed E-state index contributed by atoms with van der Waals surface area (Å²) in [4.78, 5) is 5.09. The van der Waals surface area contributed by atoms with Crippen molar-refractivity contribution < 1.29 is 0 Å². The predicted molar refractivity (Wildman–Crippen MR) is 236 cm³/mol. The third kappa shape index (κ3) is 5.66. The zero-order valence-corrected chi connectivity index (χ0v) is 30.9. The first-order valence-corrected chi connectivity index (χ1v) is 19.3. The van der Waals surface area contributed by atoms with Gasteiger partial charge in [0.1, 0.15) is 5.82 Å². The SMILES string of the molecule is c1ccc(-c2nnc(-c3ccccc3)n2-c2ccc(-c3ccc4c(-c5ccc6ccccc6c5)c5ccccc5c(-c5ccc6ccccc6c5)c4c3)cn2)cc1. The molecular weight excluding hydrogens is 693 g/mol. The average Bonchev–Trinajstić information content (AvgIpc) is 3.74. The molecule has 4 heteroatoms. The average molecular weight is 727 g/mol. The Morgan fingerprint density at radius 1 is 0.298 bits per heavy atom. The highest BCUT2D eigenvalue weighted by atomic mass is 15.3. The molecule has 0 aliphatic rings. The topological polar surface area (TPSA) is 43.6 Å². The van der Waals surface area contributed by atoms with Crippen molar-refractivity contribution in [2.75, 3.05) is 0 Å². The number of aromatic nitrogens is 4. The van der Waals surface area contributed by atoms with Crippen LogP contribution in [0.4, 0.5) is 0 Å². The second kappa shape index (κ2) is 13.6. The number of hydrogen-bond donors (Lipinski definition) is 0. The fourth-order valence-corrected chi connectivity index (χ4v) is 8.41. The number of fused-ring (bicyclic) bond motifs is 4. The Morgan fingerprint density at radius 2 is 0.754 bits per heavy atom. The molecule has 57 heavy (non-hydrogen) atoms. The summed E-state index contributed by atoms with van der Waals surface area (Å²) in [5, 5.41) is 19.1. The van der Waals surface area contributed by atoms with Crippen molar-refractivity contribution in [3.05, 3.63) is 206 Å². The zero-order chi connectivity index (χ0) is 37.7. The lowest BCUT2D eigenvalue weighted by molar-refractivity contribution is 1.01. The monoisotopic (exact) mass is 726 g/mol. The molecule has 11 rings (SSSR count). The van der Waals surface area contributed by atoms with Crippen LogP contribution in [0.3, 0.4) is 0 Å². The molecule has 0 saturated carbocycles. The number of pyridine rings is 1. The Bertz CT molecular complexity index is 3220. The molecule has 0 spiro atoms. The molecule has 2 heterocycles. The minimum atomic E-state index is 0.744. The molecule has 0 aliphatic heterocycles. The van der Waals surface area contributed by atoms with E-state index < -0.39 is 0 Å². The maximum Gasteiger partial charge on any atom is 0.170 e. The second-order valence-corrected chi connectivity index (χ2v) is 14.5. The molecule has 266 valence electrons. The van der Waals surface area contributed by atoms with Crippen LogP contribution in [0.15, 0.2) is 206 Å². The van der Waals surface area contributed by atoms with Crippen LogP contribution >= 0.6 is 0 Å². The van der Waals surface area contributed by atoms with Crippen molar-refractivity contribution in [2.45, 2.75) is 0 Å². The summed E-state index contributed by atoms with van der Waals surface area (Å²) in [6.45, 7) is 0. The van der Waals surface area contributed by atoms with Gasteiger partial charge >= 0.3 is 0 Å². The largest absolute Gasteiger partial charge is 0.258 e. The second-order valence-electron chi connectivity index (χ2n) is 14.5. The van der Waals surface area contributed by atoms with E-state index in [1.165, 1.54) is 65.3 Å². The normalized spacial score (nSPS) is 11.5. The molecule has 0 atom stereocenters. The Hall–Kier alpha value is -7.69. The summed E-state index contributed by atoms with van der Waals surface area (Å²) < 4.78 is 2.05. The molecular formula is C53H34N4. The first-order valence-electron chi connectivity index (χ1n) is 19.3. The highest BCUT2D eigenvalue weighted by molar-refractivity contribution is 6.22. The molecule has 0 radical (unpaired) electrons. The van der Waals surface area contributed by atoms with Crippen LogP contribution in [0.1, 0.15) is 0 Å². The van der Waals surface area contributed by atoms with Crippen LogP contribution in [0.25, 0.3) is 105 Å². The van der Waals surface area contributed by atoms with Gasteiger partial charge in [-0.25, -0.2) is 4.98 Å². The van der Waals surface area contributed by atoms with Crippen LogP contribution in [-0.4, -0.2) is 19.7 Å². The van der Waals surface area contributed by atoms with E-state index in [1.807, 2.05) is 42.6 Å². The van der Waals surface area contributed by atoms with Gasteiger partial charge in [-0.2, -0.15) is 0 Å². The smallest absolute Gasteiger partial charge is 0.170 e. The van der Waals surface area contributed by atoms with Crippen LogP contribution in [0.5, 0.6) is 0 Å². The molecule has 9 aromatic carbocycles. The number of rotatable bonds is 6. The Kier molecular flexibility index (Phi) is 7.78. The summed E-state index contributed by atoms with van der Waals surface area (Å²) in [5.74, 6) is 2.24. The van der Waals surface area contributed by atoms with E-state index in [4.69, 9.17) is 4.98 Å². The lowest BCUT2D eigenvalue weighted by Gasteiger charge is -2.19. The van der Waals surface area contributed by atoms with Crippen LogP contribution < -0.4 is 0 Å². The van der Waals surface area contributed by atoms with E-state index in [9.17, 15) is 0 Å². The fourth-order valence-electron chi connectivity index (χ4n) is 8.41. The maximum atomic E-state index is 5.09. The van der Waals surface area contributed by atoms with Gasteiger partial charge in [0.25, 0.3) is 0 Å². The minimum absolute atomic E-state index is 0.744. The summed E-state index contributed by atoms with van der Waals surface area (Å²) in [5.41, 5.74) is 8.94. The lowest BCUT2D eigenvalue weighted by Crippen LogP contribution is -2.02. The van der Waals surface area contributed by atoms with Crippen LogP contribution in [0.2, 0.25) is 0 Å². The Balaban J connectivity index is 1.12. The highest BCUT2D eigenvalue weighted by Crippen LogP contribution is 2.45. The summed E-state index contributed by atoms with van der Waals surface area (Å²) in [7, 11) is 0. The third-order valence-corrected chi connectivity index (χ3v) is 11.1. The minimum Gasteiger partial charge on any atom is -0.258 e. The van der Waals surface area contributed by atoms with E-state index in [2.05, 4.69) is 179 Å². The van der Waals surface area contributed by atoms with E-state index >= 15 is 0 Å². The van der Waals surface area contributed by atoms with E-state index in [0.29, 0.717) is 0 Å². The molecule has 2 aromatic heterocycles. The number of benzene rings is 9. The molecule has 11 aromatic rings. The molecule has 0 fully saturated rings. The van der Waals surface area contributed by atoms with E-state index in [1.54, 1.807) is 0 Å². The standard InChI is InChI=1S/C53H34N4/c1-3-15-37(16-4-1)52-55-56-53(38-17-5-2-6-18-38)57(52)49-30-28-44(34-54-49)41-27-29-47-48(33-41)51(43-26-24-36-14-8-10-20-40(36)32-43)46-22-12-11-21-45(46)50(47)42-25-23-35-13-7-9-19-39(35)31-42/h1-34H. The summed E-state index contributed by atoms with van der Waals surface area (Å²) in [6, 6.07) is 71.3. The quantitative estimate of drug-likeness (QED) is 0.160. The molecule has 0 saturated heterocycles. The van der Waals surface area contributed by atoms with E-state index in [-0.39, 0.29) is 0 Å². The van der Waals surface area contributed by atoms with Gasteiger partial charge in [0.15, 0.2) is 11.6 Å². The molecule has 0 aliphatic carbocycles. The number of hydrogen-bond acceptors (Lipinski definition) is 3. The van der Waals surface area contributed by atoms with Gasteiger partial charge in [-0.15, -0.1) is 10.2 Å². The van der Waals surface area contributed by atoms with Crippen molar-refractivity contribution in [3.8, 4) is 62.0 Å². The van der Waals surface area contributed by atoms with Gasteiger partial charge in [-0.05, 0) is 101 Å². The van der Waals surface area contributed by atoms with E-state index in [0.717, 1.165) is 39.7 Å². The third-order valence-electron chi connectivity index (χ3n) is 11.1. The lowest BCUT2D eigenvalue weighted by atomic mass is 9.84. The zero-order valence-electron chi connectivity index (χ0n) is 30.9. The van der Waals surface area contributed by atoms with Gasteiger partial charge in [-0.3, -0.25) is 4.57 Å². The highest BCUT2D eigenvalue weighted by Gasteiger charge is 2.20. The van der Waals surface area contributed by atoms with Gasteiger partial charge in [-0.1, -0.05) is 170 Å². The number of nitrogens with zero attached hydrogens (tertiary/aromatic N) is 4. The van der Waals surface area contributed by atoms with Gasteiger partial charge in [0, 0.05) is 22.9 Å². The van der Waals surface area contributed by atoms with Crippen molar-refractivity contribution in [2.24, 2.45) is 0 Å². The Labute approximate surface area is 330 Å².